The monoisotopic (exact) mass is 563 g/mol. The number of hydrogen-bond donors (Lipinski definition) is 4. The molecule has 194 valence electrons. The van der Waals surface area contributed by atoms with Crippen molar-refractivity contribution in [2.24, 2.45) is 23.9 Å². The third-order valence-electron chi connectivity index (χ3n) is 6.32. The number of rotatable bonds is 10. The van der Waals surface area contributed by atoms with E-state index in [4.69, 9.17) is 9.47 Å². The van der Waals surface area contributed by atoms with E-state index >= 15 is 0 Å². The summed E-state index contributed by atoms with van der Waals surface area (Å²) in [6.45, 7) is 2.12. The third kappa shape index (κ3) is 5.69. The number of aliphatic imine (C=N–C) groups is 1. The first-order valence-electron chi connectivity index (χ1n) is 11.7. The summed E-state index contributed by atoms with van der Waals surface area (Å²) in [4.78, 5) is 29.9. The molecule has 1 aromatic carbocycles. The number of guanidine groups is 1. The van der Waals surface area contributed by atoms with Gasteiger partial charge < -0.3 is 34.6 Å². The van der Waals surface area contributed by atoms with E-state index in [2.05, 4.69) is 41.2 Å². The first-order chi connectivity index (χ1) is 17.4. The fourth-order valence-corrected chi connectivity index (χ4v) is 4.79. The van der Waals surface area contributed by atoms with Crippen molar-refractivity contribution in [3.63, 3.8) is 0 Å². The average Bonchev–Trinajstić information content (AvgIpc) is 3.62. The molecule has 1 unspecified atom stereocenters. The fourth-order valence-electron chi connectivity index (χ4n) is 4.25. The highest BCUT2D eigenvalue weighted by molar-refractivity contribution is 9.10. The van der Waals surface area contributed by atoms with Gasteiger partial charge in [-0.05, 0) is 46.8 Å². The predicted octanol–water partition coefficient (Wildman–Crippen LogP) is 2.45. The molecule has 4 rings (SSSR count). The minimum Gasteiger partial charge on any atom is -0.422 e. The highest BCUT2D eigenvalue weighted by atomic mass is 79.9. The Morgan fingerprint density at radius 2 is 2.22 bits per heavy atom. The number of anilines is 1. The molecule has 0 aliphatic carbocycles. The maximum absolute atomic E-state index is 12.7. The van der Waals surface area contributed by atoms with Gasteiger partial charge in [0.1, 0.15) is 5.52 Å². The number of aliphatic hydroxyl groups excluding tert-OH is 2. The Morgan fingerprint density at radius 3 is 2.94 bits per heavy atom. The second kappa shape index (κ2) is 11.8. The first kappa shape index (κ1) is 26.1. The average molecular weight is 564 g/mol. The van der Waals surface area contributed by atoms with E-state index in [0.29, 0.717) is 37.6 Å². The molecule has 1 aliphatic heterocycles. The lowest BCUT2D eigenvalue weighted by Gasteiger charge is -2.29. The summed E-state index contributed by atoms with van der Waals surface area (Å²) < 4.78 is 13.3. The SMILES string of the molecule is CC[C@H](C(O)OCOC(=O)N1CCN=C1Nc1ccc2[nH]cnc2c1Br)[C@H](CO)Cc1cncn1C. The van der Waals surface area contributed by atoms with Crippen molar-refractivity contribution in [1.82, 2.24) is 24.4 Å². The number of H-pyrrole nitrogens is 1. The van der Waals surface area contributed by atoms with Crippen LogP contribution in [0.25, 0.3) is 11.0 Å². The molecule has 1 amide bonds. The third-order valence-corrected chi connectivity index (χ3v) is 7.13. The number of aliphatic hydroxyl groups is 2. The summed E-state index contributed by atoms with van der Waals surface area (Å²) >= 11 is 3.54. The topological polar surface area (TPSA) is 150 Å². The number of fused-ring (bicyclic) bond motifs is 1. The smallest absolute Gasteiger partial charge is 0.418 e. The van der Waals surface area contributed by atoms with Crippen LogP contribution in [0.4, 0.5) is 10.5 Å². The molecule has 2 aromatic heterocycles. The Labute approximate surface area is 216 Å². The van der Waals surface area contributed by atoms with Crippen LogP contribution in [0.15, 0.2) is 40.4 Å². The molecule has 0 radical (unpaired) electrons. The number of benzene rings is 1. The lowest BCUT2D eigenvalue weighted by Crippen LogP contribution is -2.40. The zero-order chi connectivity index (χ0) is 25.7. The molecule has 3 atom stereocenters. The Kier molecular flexibility index (Phi) is 8.56. The number of amides is 1. The molecule has 4 N–H and O–H groups in total. The number of nitrogens with zero attached hydrogens (tertiary/aromatic N) is 5. The van der Waals surface area contributed by atoms with Crippen molar-refractivity contribution in [2.75, 3.05) is 31.8 Å². The number of halogens is 1. The number of ether oxygens (including phenoxy) is 2. The molecule has 36 heavy (non-hydrogen) atoms. The molecule has 0 fully saturated rings. The number of carbonyl (C=O) groups excluding carboxylic acids is 1. The standard InChI is InChI=1S/C23H30BrN7O5/c1-3-16(14(10-32)8-15-9-25-12-30(15)2)21(33)35-13-36-23(34)31-7-6-26-22(31)29-17-4-5-18-20(19(17)24)28-11-27-18/h4-5,9,11-12,14,16,21,32-33H,3,6-8,10,13H2,1-2H3,(H,26,29)(H,27,28)/t14-,16-,21?/m0/s1. The maximum Gasteiger partial charge on any atom is 0.418 e. The van der Waals surface area contributed by atoms with Crippen molar-refractivity contribution < 1.29 is 24.5 Å². The Balaban J connectivity index is 1.30. The van der Waals surface area contributed by atoms with Gasteiger partial charge in [0, 0.05) is 31.5 Å². The van der Waals surface area contributed by atoms with E-state index in [-0.39, 0.29) is 18.4 Å². The summed E-state index contributed by atoms with van der Waals surface area (Å²) in [5.74, 6) is -0.259. The first-order valence-corrected chi connectivity index (χ1v) is 12.4. The van der Waals surface area contributed by atoms with Gasteiger partial charge >= 0.3 is 6.09 Å². The lowest BCUT2D eigenvalue weighted by atomic mass is 9.86. The van der Waals surface area contributed by atoms with Gasteiger partial charge in [0.05, 0.1) is 41.4 Å². The molecule has 1 aliphatic rings. The fraction of sp³-hybridized carbons (Fsp3) is 0.478. The van der Waals surface area contributed by atoms with E-state index in [1.807, 2.05) is 30.7 Å². The second-order valence-electron chi connectivity index (χ2n) is 8.51. The van der Waals surface area contributed by atoms with E-state index in [0.717, 1.165) is 21.2 Å². The molecule has 12 nitrogen and oxygen atoms in total. The number of aromatic nitrogens is 4. The Bertz CT molecular complexity index is 1210. The predicted molar refractivity (Wildman–Crippen MR) is 136 cm³/mol. The van der Waals surface area contributed by atoms with E-state index < -0.39 is 19.2 Å². The minimum atomic E-state index is -1.21. The summed E-state index contributed by atoms with van der Waals surface area (Å²) in [5.41, 5.74) is 3.28. The van der Waals surface area contributed by atoms with Crippen LogP contribution in [-0.2, 0) is 22.9 Å². The van der Waals surface area contributed by atoms with E-state index in [9.17, 15) is 15.0 Å². The van der Waals surface area contributed by atoms with Crippen molar-refractivity contribution in [2.45, 2.75) is 26.1 Å². The molecular formula is C23H30BrN7O5. The van der Waals surface area contributed by atoms with E-state index in [1.54, 1.807) is 18.9 Å². The zero-order valence-corrected chi connectivity index (χ0v) is 21.7. The molecule has 0 saturated carbocycles. The summed E-state index contributed by atoms with van der Waals surface area (Å²) in [5, 5.41) is 23.7. The van der Waals surface area contributed by atoms with Gasteiger partial charge in [-0.2, -0.15) is 0 Å². The molecule has 0 bridgehead atoms. The summed E-state index contributed by atoms with van der Waals surface area (Å²) in [6, 6.07) is 3.73. The van der Waals surface area contributed by atoms with Crippen LogP contribution in [0, 0.1) is 11.8 Å². The van der Waals surface area contributed by atoms with Crippen LogP contribution in [0.2, 0.25) is 0 Å². The Morgan fingerprint density at radius 1 is 1.39 bits per heavy atom. The van der Waals surface area contributed by atoms with Gasteiger partial charge in [-0.15, -0.1) is 0 Å². The molecular weight excluding hydrogens is 534 g/mol. The lowest BCUT2D eigenvalue weighted by molar-refractivity contribution is -0.190. The molecule has 3 aromatic rings. The highest BCUT2D eigenvalue weighted by Crippen LogP contribution is 2.30. The minimum absolute atomic E-state index is 0.122. The van der Waals surface area contributed by atoms with Gasteiger partial charge in [-0.1, -0.05) is 6.92 Å². The highest BCUT2D eigenvalue weighted by Gasteiger charge is 2.30. The van der Waals surface area contributed by atoms with Crippen LogP contribution in [0.5, 0.6) is 0 Å². The van der Waals surface area contributed by atoms with Crippen LogP contribution in [0.1, 0.15) is 19.0 Å². The van der Waals surface area contributed by atoms with Crippen molar-refractivity contribution in [3.8, 4) is 0 Å². The quantitative estimate of drug-likeness (QED) is 0.275. The maximum atomic E-state index is 12.7. The van der Waals surface area contributed by atoms with Crippen LogP contribution >= 0.6 is 15.9 Å². The number of aromatic amines is 1. The second-order valence-corrected chi connectivity index (χ2v) is 9.30. The Hall–Kier alpha value is -3.00. The number of imidazole rings is 2. The normalized spacial score (nSPS) is 16.1. The number of hydrogen-bond acceptors (Lipinski definition) is 9. The van der Waals surface area contributed by atoms with Crippen molar-refractivity contribution in [1.29, 1.82) is 0 Å². The van der Waals surface area contributed by atoms with Crippen LogP contribution < -0.4 is 5.32 Å². The molecule has 13 heteroatoms. The van der Waals surface area contributed by atoms with Gasteiger partial charge in [-0.3, -0.25) is 4.99 Å². The van der Waals surface area contributed by atoms with Gasteiger partial charge in [0.25, 0.3) is 0 Å². The van der Waals surface area contributed by atoms with Crippen molar-refractivity contribution in [3.05, 3.63) is 41.2 Å². The molecule has 0 spiro atoms. The summed E-state index contributed by atoms with van der Waals surface area (Å²) in [6.07, 6.45) is 4.27. The van der Waals surface area contributed by atoms with Crippen LogP contribution in [0.3, 0.4) is 0 Å². The van der Waals surface area contributed by atoms with Gasteiger partial charge in [0.15, 0.2) is 13.1 Å². The van der Waals surface area contributed by atoms with Crippen LogP contribution in [-0.4, -0.2) is 79.5 Å². The number of carbonyl (C=O) groups is 1. The van der Waals surface area contributed by atoms with Gasteiger partial charge in [-0.25, -0.2) is 19.7 Å². The van der Waals surface area contributed by atoms with Crippen molar-refractivity contribution >= 4 is 44.7 Å². The summed E-state index contributed by atoms with van der Waals surface area (Å²) in [7, 11) is 1.88. The number of nitrogens with one attached hydrogen (secondary N) is 2. The van der Waals surface area contributed by atoms with E-state index in [1.165, 1.54) is 4.90 Å². The largest absolute Gasteiger partial charge is 0.422 e. The molecule has 3 heterocycles. The molecule has 0 saturated heterocycles. The number of aryl methyl sites for hydroxylation is 1. The zero-order valence-electron chi connectivity index (χ0n) is 20.1. The van der Waals surface area contributed by atoms with Gasteiger partial charge in [0.2, 0.25) is 5.96 Å².